The number of allylic oxidation sites excluding steroid dienone is 2. The van der Waals surface area contributed by atoms with E-state index in [2.05, 4.69) is 6.08 Å². The normalized spacial score (nSPS) is 16.6. The molecule has 0 radical (unpaired) electrons. The van der Waals surface area contributed by atoms with E-state index in [1.807, 2.05) is 0 Å². The Morgan fingerprint density at radius 2 is 2.08 bits per heavy atom. The van der Waals surface area contributed by atoms with Gasteiger partial charge in [0.1, 0.15) is 0 Å². The van der Waals surface area contributed by atoms with Gasteiger partial charge in [0.25, 0.3) is 11.6 Å². The Morgan fingerprint density at radius 1 is 1.31 bits per heavy atom. The van der Waals surface area contributed by atoms with E-state index in [4.69, 9.17) is 16.3 Å². The molecule has 0 unspecified atom stereocenters. The maximum atomic E-state index is 12.6. The molecule has 8 heteroatoms. The summed E-state index contributed by atoms with van der Waals surface area (Å²) in [7, 11) is 0. The summed E-state index contributed by atoms with van der Waals surface area (Å²) in [5.41, 5.74) is 0.805. The zero-order valence-corrected chi connectivity index (χ0v) is 14.9. The maximum absolute atomic E-state index is 12.6. The average molecular weight is 379 g/mol. The second-order valence-corrected chi connectivity index (χ2v) is 6.84. The molecule has 2 aliphatic rings. The second-order valence-electron chi connectivity index (χ2n) is 6.43. The van der Waals surface area contributed by atoms with Gasteiger partial charge in [0, 0.05) is 23.9 Å². The number of nitrogens with zero attached hydrogens (tertiary/aromatic N) is 2. The molecule has 0 aromatic heterocycles. The Kier molecular flexibility index (Phi) is 5.56. The van der Waals surface area contributed by atoms with Gasteiger partial charge in [0.05, 0.1) is 15.5 Å². The minimum atomic E-state index is -0.772. The molecule has 7 nitrogen and oxygen atoms in total. The Labute approximate surface area is 155 Å². The minimum Gasteiger partial charge on any atom is -0.452 e. The number of benzene rings is 1. The van der Waals surface area contributed by atoms with E-state index in [0.717, 1.165) is 50.3 Å². The van der Waals surface area contributed by atoms with Crippen molar-refractivity contribution in [3.05, 3.63) is 50.7 Å². The van der Waals surface area contributed by atoms with Gasteiger partial charge >= 0.3 is 5.97 Å². The van der Waals surface area contributed by atoms with Crippen molar-refractivity contribution in [2.24, 2.45) is 0 Å². The fourth-order valence-corrected chi connectivity index (χ4v) is 3.28. The van der Waals surface area contributed by atoms with Gasteiger partial charge in [-0.25, -0.2) is 4.79 Å². The molecule has 3 rings (SSSR count). The Hall–Kier alpha value is -2.41. The quantitative estimate of drug-likeness (QED) is 0.426. The van der Waals surface area contributed by atoms with E-state index in [1.165, 1.54) is 12.1 Å². The molecule has 2 aliphatic carbocycles. The zero-order valence-electron chi connectivity index (χ0n) is 14.2. The summed E-state index contributed by atoms with van der Waals surface area (Å²) in [6.07, 6.45) is 8.03. The van der Waals surface area contributed by atoms with Crippen LogP contribution in [0.1, 0.15) is 48.9 Å². The molecule has 26 heavy (non-hydrogen) atoms. The number of carbonyl (C=O) groups excluding carboxylic acids is 2. The molecule has 0 spiro atoms. The first-order valence-electron chi connectivity index (χ1n) is 8.59. The highest BCUT2D eigenvalue weighted by molar-refractivity contribution is 6.33. The molecule has 0 saturated heterocycles. The maximum Gasteiger partial charge on any atom is 0.340 e. The van der Waals surface area contributed by atoms with Crippen LogP contribution < -0.4 is 0 Å². The highest BCUT2D eigenvalue weighted by Gasteiger charge is 2.35. The van der Waals surface area contributed by atoms with Crippen molar-refractivity contribution in [3.8, 4) is 0 Å². The van der Waals surface area contributed by atoms with Gasteiger partial charge in [-0.2, -0.15) is 0 Å². The van der Waals surface area contributed by atoms with E-state index < -0.39 is 10.9 Å². The molecule has 0 heterocycles. The average Bonchev–Trinajstić information content (AvgIpc) is 3.45. The van der Waals surface area contributed by atoms with Gasteiger partial charge in [-0.3, -0.25) is 14.9 Å². The lowest BCUT2D eigenvalue weighted by atomic mass is 10.0. The molecule has 0 aliphatic heterocycles. The first-order chi connectivity index (χ1) is 12.5. The smallest absolute Gasteiger partial charge is 0.340 e. The molecule has 1 fully saturated rings. The van der Waals surface area contributed by atoms with Gasteiger partial charge in [0.2, 0.25) is 0 Å². The monoisotopic (exact) mass is 378 g/mol. The summed E-state index contributed by atoms with van der Waals surface area (Å²) in [6.45, 7) is -0.375. The highest BCUT2D eigenvalue weighted by atomic mass is 35.5. The number of ether oxygens (including phenoxy) is 1. The van der Waals surface area contributed by atoms with Crippen LogP contribution in [0.25, 0.3) is 0 Å². The van der Waals surface area contributed by atoms with E-state index in [9.17, 15) is 19.7 Å². The molecule has 1 saturated carbocycles. The minimum absolute atomic E-state index is 0.0000736. The number of nitro benzene ring substituents is 1. The first kappa shape index (κ1) is 18.4. The van der Waals surface area contributed by atoms with Crippen LogP contribution in [-0.2, 0) is 9.53 Å². The van der Waals surface area contributed by atoms with Crippen LogP contribution in [0.15, 0.2) is 30.0 Å². The third-order valence-electron chi connectivity index (χ3n) is 4.47. The fourth-order valence-electron chi connectivity index (χ4n) is 3.03. The van der Waals surface area contributed by atoms with Crippen LogP contribution in [0, 0.1) is 10.1 Å². The molecular weight excluding hydrogens is 360 g/mol. The number of esters is 1. The highest BCUT2D eigenvalue weighted by Crippen LogP contribution is 2.33. The molecular formula is C18H19ClN2O5. The van der Waals surface area contributed by atoms with Gasteiger partial charge in [-0.1, -0.05) is 17.7 Å². The molecule has 1 aromatic rings. The van der Waals surface area contributed by atoms with E-state index >= 15 is 0 Å². The molecule has 1 aromatic carbocycles. The third kappa shape index (κ3) is 4.22. The zero-order chi connectivity index (χ0) is 18.7. The van der Waals surface area contributed by atoms with Gasteiger partial charge in [0.15, 0.2) is 6.61 Å². The third-order valence-corrected chi connectivity index (χ3v) is 4.78. The Balaban J connectivity index is 1.64. The predicted octanol–water partition coefficient (Wildman–Crippen LogP) is 3.85. The Bertz CT molecular complexity index is 773. The number of nitro groups is 1. The van der Waals surface area contributed by atoms with Crippen LogP contribution in [0.5, 0.6) is 0 Å². The molecule has 138 valence electrons. The van der Waals surface area contributed by atoms with Gasteiger partial charge < -0.3 is 9.64 Å². The summed E-state index contributed by atoms with van der Waals surface area (Å²) >= 11 is 5.92. The second kappa shape index (κ2) is 7.86. The van der Waals surface area contributed by atoms with Crippen LogP contribution in [0.2, 0.25) is 5.02 Å². The van der Waals surface area contributed by atoms with Crippen molar-refractivity contribution in [1.82, 2.24) is 4.90 Å². The standard InChI is InChI=1S/C18H19ClN2O5/c19-16-10-14(21(24)25)8-9-15(16)18(23)26-11-17(22)20(13-6-7-13)12-4-2-1-3-5-12/h4,8-10,13H,1-3,5-7,11H2. The van der Waals surface area contributed by atoms with Crippen molar-refractivity contribution in [2.45, 2.75) is 44.6 Å². The summed E-state index contributed by atoms with van der Waals surface area (Å²) < 4.78 is 5.11. The Morgan fingerprint density at radius 3 is 2.65 bits per heavy atom. The SMILES string of the molecule is O=C(OCC(=O)N(C1=CCCCC1)C1CC1)c1ccc([N+](=O)[O-])cc1Cl. The van der Waals surface area contributed by atoms with Crippen molar-refractivity contribution in [2.75, 3.05) is 6.61 Å². The topological polar surface area (TPSA) is 89.8 Å². The lowest BCUT2D eigenvalue weighted by molar-refractivity contribution is -0.384. The lowest BCUT2D eigenvalue weighted by Gasteiger charge is -2.27. The molecule has 0 N–H and O–H groups in total. The van der Waals surface area contributed by atoms with E-state index in [-0.39, 0.29) is 34.8 Å². The molecule has 1 amide bonds. The summed E-state index contributed by atoms with van der Waals surface area (Å²) in [5, 5.41) is 10.6. The number of rotatable bonds is 6. The van der Waals surface area contributed by atoms with Crippen molar-refractivity contribution < 1.29 is 19.2 Å². The summed E-state index contributed by atoms with van der Waals surface area (Å²) in [5.74, 6) is -1.02. The van der Waals surface area contributed by atoms with Crippen LogP contribution in [-0.4, -0.2) is 34.3 Å². The van der Waals surface area contributed by atoms with Crippen molar-refractivity contribution >= 4 is 29.2 Å². The number of amides is 1. The number of halogens is 1. The van der Waals surface area contributed by atoms with Crippen LogP contribution >= 0.6 is 11.6 Å². The summed E-state index contributed by atoms with van der Waals surface area (Å²) in [4.78, 5) is 36.6. The molecule has 0 atom stereocenters. The number of non-ortho nitro benzene ring substituents is 1. The fraction of sp³-hybridized carbons (Fsp3) is 0.444. The van der Waals surface area contributed by atoms with Crippen molar-refractivity contribution in [3.63, 3.8) is 0 Å². The number of hydrogen-bond acceptors (Lipinski definition) is 5. The first-order valence-corrected chi connectivity index (χ1v) is 8.97. The van der Waals surface area contributed by atoms with Crippen molar-refractivity contribution in [1.29, 1.82) is 0 Å². The number of hydrogen-bond donors (Lipinski definition) is 0. The van der Waals surface area contributed by atoms with Crippen LogP contribution in [0.4, 0.5) is 5.69 Å². The van der Waals surface area contributed by atoms with Gasteiger partial charge in [-0.05, 0) is 44.6 Å². The number of carbonyl (C=O) groups is 2. The summed E-state index contributed by atoms with van der Waals surface area (Å²) in [6, 6.07) is 3.69. The lowest BCUT2D eigenvalue weighted by Crippen LogP contribution is -2.36. The van der Waals surface area contributed by atoms with Crippen LogP contribution in [0.3, 0.4) is 0 Å². The largest absolute Gasteiger partial charge is 0.452 e. The van der Waals surface area contributed by atoms with Gasteiger partial charge in [-0.15, -0.1) is 0 Å². The predicted molar refractivity (Wildman–Crippen MR) is 94.8 cm³/mol. The molecule has 0 bridgehead atoms. The van der Waals surface area contributed by atoms with E-state index in [1.54, 1.807) is 4.90 Å². The van der Waals surface area contributed by atoms with E-state index in [0.29, 0.717) is 0 Å².